The van der Waals surface area contributed by atoms with Crippen LogP contribution in [0, 0.1) is 0 Å². The van der Waals surface area contributed by atoms with E-state index in [0.717, 1.165) is 11.4 Å². The van der Waals surface area contributed by atoms with Crippen LogP contribution in [0.1, 0.15) is 18.0 Å². The fraction of sp³-hybridized carbons (Fsp3) is 0.333. The number of aromatic nitrogens is 3. The first-order chi connectivity index (χ1) is 8.65. The molecule has 0 bridgehead atoms. The van der Waals surface area contributed by atoms with Gasteiger partial charge in [0.1, 0.15) is 18.1 Å². The molecule has 0 aliphatic carbocycles. The fourth-order valence-corrected chi connectivity index (χ4v) is 1.70. The minimum absolute atomic E-state index is 0.132. The Morgan fingerprint density at radius 3 is 2.94 bits per heavy atom. The van der Waals surface area contributed by atoms with Crippen LogP contribution in [0.3, 0.4) is 0 Å². The average molecular weight is 286 g/mol. The number of hydrogen-bond donors (Lipinski definition) is 0. The van der Waals surface area contributed by atoms with E-state index in [2.05, 4.69) is 10.3 Å². The van der Waals surface area contributed by atoms with Gasteiger partial charge in [-0.1, -0.05) is 22.9 Å². The summed E-state index contributed by atoms with van der Waals surface area (Å²) in [6.07, 6.45) is 1.82. The van der Waals surface area contributed by atoms with Crippen LogP contribution >= 0.6 is 23.2 Å². The smallest absolute Gasteiger partial charge is 0.120 e. The molecule has 2 rings (SSSR count). The van der Waals surface area contributed by atoms with Crippen molar-refractivity contribution in [2.75, 3.05) is 6.61 Å². The zero-order valence-electron chi connectivity index (χ0n) is 9.88. The summed E-state index contributed by atoms with van der Waals surface area (Å²) in [4.78, 5) is 0. The molecule has 6 heteroatoms. The second-order valence-electron chi connectivity index (χ2n) is 3.83. The van der Waals surface area contributed by atoms with E-state index in [-0.39, 0.29) is 5.38 Å². The Morgan fingerprint density at radius 1 is 1.44 bits per heavy atom. The third-order valence-corrected chi connectivity index (χ3v) is 2.81. The first kappa shape index (κ1) is 13.2. The summed E-state index contributed by atoms with van der Waals surface area (Å²) < 4.78 is 7.26. The monoisotopic (exact) mass is 285 g/mol. The highest BCUT2D eigenvalue weighted by atomic mass is 35.5. The number of ether oxygens (including phenoxy) is 1. The van der Waals surface area contributed by atoms with Crippen LogP contribution in [-0.2, 0) is 6.54 Å². The summed E-state index contributed by atoms with van der Waals surface area (Å²) in [6, 6.07) is 7.29. The lowest BCUT2D eigenvalue weighted by Crippen LogP contribution is -2.08. The first-order valence-corrected chi connectivity index (χ1v) is 6.39. The largest absolute Gasteiger partial charge is 0.492 e. The molecule has 1 aromatic heterocycles. The van der Waals surface area contributed by atoms with E-state index in [0.29, 0.717) is 18.2 Å². The lowest BCUT2D eigenvalue weighted by Gasteiger charge is -2.05. The van der Waals surface area contributed by atoms with Crippen molar-refractivity contribution in [2.45, 2.75) is 18.8 Å². The number of halogens is 2. The maximum absolute atomic E-state index is 5.90. The molecule has 1 unspecified atom stereocenters. The van der Waals surface area contributed by atoms with E-state index < -0.39 is 0 Å². The van der Waals surface area contributed by atoms with Crippen molar-refractivity contribution >= 4 is 23.2 Å². The van der Waals surface area contributed by atoms with Crippen molar-refractivity contribution in [3.8, 4) is 5.75 Å². The summed E-state index contributed by atoms with van der Waals surface area (Å²) in [6.45, 7) is 2.97. The first-order valence-electron chi connectivity index (χ1n) is 5.57. The summed E-state index contributed by atoms with van der Waals surface area (Å²) in [5.41, 5.74) is 0.763. The average Bonchev–Trinajstić information content (AvgIpc) is 2.78. The van der Waals surface area contributed by atoms with E-state index in [1.807, 2.05) is 25.3 Å². The Labute approximate surface area is 115 Å². The van der Waals surface area contributed by atoms with Gasteiger partial charge in [0.05, 0.1) is 18.1 Å². The molecule has 0 spiro atoms. The number of benzene rings is 1. The highest BCUT2D eigenvalue weighted by molar-refractivity contribution is 6.30. The van der Waals surface area contributed by atoms with Gasteiger partial charge >= 0.3 is 0 Å². The van der Waals surface area contributed by atoms with E-state index >= 15 is 0 Å². The molecule has 2 aromatic rings. The van der Waals surface area contributed by atoms with Crippen molar-refractivity contribution in [1.29, 1.82) is 0 Å². The Kier molecular flexibility index (Phi) is 4.44. The maximum Gasteiger partial charge on any atom is 0.120 e. The number of rotatable bonds is 5. The molecule has 1 atom stereocenters. The molecule has 0 saturated heterocycles. The molecule has 96 valence electrons. The van der Waals surface area contributed by atoms with E-state index in [9.17, 15) is 0 Å². The molecule has 1 aromatic carbocycles. The Bertz CT molecular complexity index is 514. The van der Waals surface area contributed by atoms with Gasteiger partial charge in [-0.2, -0.15) is 0 Å². The zero-order valence-corrected chi connectivity index (χ0v) is 11.4. The lowest BCUT2D eigenvalue weighted by molar-refractivity contribution is 0.289. The Balaban J connectivity index is 1.84. The van der Waals surface area contributed by atoms with Gasteiger partial charge in [0.15, 0.2) is 0 Å². The van der Waals surface area contributed by atoms with Crippen LogP contribution < -0.4 is 4.74 Å². The van der Waals surface area contributed by atoms with Crippen LogP contribution in [-0.4, -0.2) is 21.6 Å². The predicted octanol–water partition coefficient (Wildman–Crippen LogP) is 3.31. The molecule has 0 radical (unpaired) electrons. The van der Waals surface area contributed by atoms with Crippen LogP contribution in [0.4, 0.5) is 0 Å². The van der Waals surface area contributed by atoms with Gasteiger partial charge in [0, 0.05) is 5.02 Å². The zero-order chi connectivity index (χ0) is 13.0. The van der Waals surface area contributed by atoms with Gasteiger partial charge in [-0.3, -0.25) is 0 Å². The second-order valence-corrected chi connectivity index (χ2v) is 4.92. The van der Waals surface area contributed by atoms with Gasteiger partial charge < -0.3 is 4.74 Å². The topological polar surface area (TPSA) is 39.9 Å². The number of nitrogens with zero attached hydrogens (tertiary/aromatic N) is 3. The van der Waals surface area contributed by atoms with Crippen LogP contribution in [0.25, 0.3) is 0 Å². The van der Waals surface area contributed by atoms with E-state index in [4.69, 9.17) is 27.9 Å². The molecule has 0 saturated carbocycles. The molecule has 4 nitrogen and oxygen atoms in total. The quantitative estimate of drug-likeness (QED) is 0.792. The van der Waals surface area contributed by atoms with Gasteiger partial charge in [0.2, 0.25) is 0 Å². The van der Waals surface area contributed by atoms with Crippen molar-refractivity contribution in [3.05, 3.63) is 41.2 Å². The third-order valence-electron chi connectivity index (χ3n) is 2.35. The second kappa shape index (κ2) is 6.07. The van der Waals surface area contributed by atoms with Crippen molar-refractivity contribution in [3.63, 3.8) is 0 Å². The van der Waals surface area contributed by atoms with E-state index in [1.165, 1.54) is 0 Å². The fourth-order valence-electron chi connectivity index (χ4n) is 1.42. The van der Waals surface area contributed by atoms with Crippen LogP contribution in [0.2, 0.25) is 5.02 Å². The van der Waals surface area contributed by atoms with Crippen LogP contribution in [0.15, 0.2) is 30.5 Å². The number of hydrogen-bond acceptors (Lipinski definition) is 3. The normalized spacial score (nSPS) is 12.4. The number of alkyl halides is 1. The van der Waals surface area contributed by atoms with Crippen LogP contribution in [0.5, 0.6) is 5.75 Å². The minimum Gasteiger partial charge on any atom is -0.492 e. The van der Waals surface area contributed by atoms with Crippen molar-refractivity contribution in [2.24, 2.45) is 0 Å². The van der Waals surface area contributed by atoms with E-state index in [1.54, 1.807) is 16.8 Å². The molecule has 0 N–H and O–H groups in total. The highest BCUT2D eigenvalue weighted by Gasteiger charge is 2.06. The van der Waals surface area contributed by atoms with Gasteiger partial charge in [-0.25, -0.2) is 4.68 Å². The Morgan fingerprint density at radius 2 is 2.28 bits per heavy atom. The molecular weight excluding hydrogens is 273 g/mol. The molecular formula is C12H13Cl2N3O. The Hall–Kier alpha value is -1.26. The summed E-state index contributed by atoms with van der Waals surface area (Å²) in [7, 11) is 0. The molecule has 1 heterocycles. The molecule has 0 fully saturated rings. The minimum atomic E-state index is -0.132. The summed E-state index contributed by atoms with van der Waals surface area (Å²) >= 11 is 11.8. The third kappa shape index (κ3) is 3.62. The summed E-state index contributed by atoms with van der Waals surface area (Å²) in [5.74, 6) is 0.744. The highest BCUT2D eigenvalue weighted by Crippen LogP contribution is 2.17. The van der Waals surface area contributed by atoms with Gasteiger partial charge in [0.25, 0.3) is 0 Å². The SMILES string of the molecule is CC(Cl)c1cn(CCOc2cccc(Cl)c2)nn1. The van der Waals surface area contributed by atoms with Gasteiger partial charge in [-0.05, 0) is 25.1 Å². The standard InChI is InChI=1S/C12H13Cl2N3O/c1-9(13)12-8-17(16-15-12)5-6-18-11-4-2-3-10(14)7-11/h2-4,7-9H,5-6H2,1H3. The van der Waals surface area contributed by atoms with Gasteiger partial charge in [-0.15, -0.1) is 16.7 Å². The molecule has 0 aliphatic rings. The molecule has 18 heavy (non-hydrogen) atoms. The summed E-state index contributed by atoms with van der Waals surface area (Å²) in [5, 5.41) is 8.45. The molecule has 0 amide bonds. The molecule has 0 aliphatic heterocycles. The lowest BCUT2D eigenvalue weighted by atomic mass is 10.3. The van der Waals surface area contributed by atoms with Crippen molar-refractivity contribution in [1.82, 2.24) is 15.0 Å². The van der Waals surface area contributed by atoms with Crippen molar-refractivity contribution < 1.29 is 4.74 Å². The predicted molar refractivity (Wildman–Crippen MR) is 71.2 cm³/mol. The maximum atomic E-state index is 5.90.